The minimum Gasteiger partial charge on any atom is -0.456 e. The molecule has 0 atom stereocenters. The molecule has 0 aliphatic carbocycles. The quantitative estimate of drug-likeness (QED) is 0.448. The van der Waals surface area contributed by atoms with Crippen LogP contribution in [0.1, 0.15) is 44.1 Å². The fraction of sp³-hybridized carbons (Fsp3) is 0.625. The predicted octanol–water partition coefficient (Wildman–Crippen LogP) is 2.80. The first-order valence-corrected chi connectivity index (χ1v) is 8.61. The summed E-state index contributed by atoms with van der Waals surface area (Å²) in [5.41, 5.74) is 1.42. The lowest BCUT2D eigenvalue weighted by atomic mass is 10.1. The number of aromatic nitrogens is 2. The Kier molecular flexibility index (Phi) is 7.72. The third-order valence-corrected chi connectivity index (χ3v) is 3.62. The van der Waals surface area contributed by atoms with Gasteiger partial charge in [-0.1, -0.05) is 0 Å². The maximum Gasteiger partial charge on any atom is 0.306 e. The van der Waals surface area contributed by atoms with Gasteiger partial charge in [-0.2, -0.15) is 8.78 Å². The van der Waals surface area contributed by atoms with Crippen molar-refractivity contribution in [3.8, 4) is 0 Å². The molecule has 1 amide bonds. The molecule has 0 saturated heterocycles. The van der Waals surface area contributed by atoms with E-state index in [4.69, 9.17) is 4.74 Å². The number of rotatable bonds is 7. The molecule has 0 unspecified atom stereocenters. The number of ether oxygens (including phenoxy) is 1. The summed E-state index contributed by atoms with van der Waals surface area (Å²) in [4.78, 5) is 31.4. The smallest absolute Gasteiger partial charge is 0.306 e. The second kappa shape index (κ2) is 9.07. The molecule has 0 aromatic carbocycles. The predicted molar refractivity (Wildman–Crippen MR) is 90.5 cm³/mol. The number of amides is 1. The van der Waals surface area contributed by atoms with Gasteiger partial charge in [-0.15, -0.1) is 0 Å². The zero-order valence-electron chi connectivity index (χ0n) is 15.0. The molecule has 0 bridgehead atoms. The molecule has 0 spiro atoms. The van der Waals surface area contributed by atoms with Crippen LogP contribution in [0.2, 0.25) is 0 Å². The summed E-state index contributed by atoms with van der Waals surface area (Å²) in [5, 5.41) is 2.70. The van der Waals surface area contributed by atoms with Crippen LogP contribution in [0.3, 0.4) is 0 Å². The van der Waals surface area contributed by atoms with Crippen LogP contribution in [-0.4, -0.2) is 39.7 Å². The highest BCUT2D eigenvalue weighted by Gasteiger charge is 2.17. The normalized spacial score (nSPS) is 11.5. The number of alkyl halides is 2. The molecule has 0 radical (unpaired) electrons. The molecule has 9 heteroatoms. The Morgan fingerprint density at radius 1 is 1.20 bits per heavy atom. The van der Waals surface area contributed by atoms with Crippen LogP contribution >= 0.6 is 11.8 Å². The summed E-state index contributed by atoms with van der Waals surface area (Å²) in [6, 6.07) is 0. The maximum atomic E-state index is 12.4. The lowest BCUT2D eigenvalue weighted by molar-refractivity contribution is -0.148. The van der Waals surface area contributed by atoms with Crippen molar-refractivity contribution in [2.24, 2.45) is 0 Å². The van der Waals surface area contributed by atoms with Gasteiger partial charge in [0.2, 0.25) is 0 Å². The number of nitrogens with zero attached hydrogens (tertiary/aromatic N) is 2. The number of carbonyl (C=O) groups is 2. The van der Waals surface area contributed by atoms with E-state index in [0.717, 1.165) is 5.56 Å². The highest BCUT2D eigenvalue weighted by atomic mass is 32.2. The van der Waals surface area contributed by atoms with Gasteiger partial charge in [0, 0.05) is 23.3 Å². The van der Waals surface area contributed by atoms with Crippen LogP contribution in [0.15, 0.2) is 5.16 Å². The molecule has 1 aromatic rings. The molecule has 140 valence electrons. The van der Waals surface area contributed by atoms with E-state index in [1.165, 1.54) is 0 Å². The van der Waals surface area contributed by atoms with Crippen LogP contribution in [0, 0.1) is 13.8 Å². The fourth-order valence-corrected chi connectivity index (χ4v) is 2.64. The highest BCUT2D eigenvalue weighted by molar-refractivity contribution is 7.99. The zero-order valence-corrected chi connectivity index (χ0v) is 15.8. The van der Waals surface area contributed by atoms with Gasteiger partial charge < -0.3 is 10.1 Å². The first-order valence-electron chi connectivity index (χ1n) is 7.73. The van der Waals surface area contributed by atoms with Crippen molar-refractivity contribution in [2.45, 2.75) is 63.9 Å². The van der Waals surface area contributed by atoms with E-state index >= 15 is 0 Å². The lowest BCUT2D eigenvalue weighted by Crippen LogP contribution is -2.42. The Balaban J connectivity index is 2.55. The third kappa shape index (κ3) is 8.24. The van der Waals surface area contributed by atoms with Crippen LogP contribution in [0.4, 0.5) is 8.78 Å². The van der Waals surface area contributed by atoms with Crippen molar-refractivity contribution < 1.29 is 23.1 Å². The van der Waals surface area contributed by atoms with Crippen LogP contribution in [0.5, 0.6) is 0 Å². The summed E-state index contributed by atoms with van der Waals surface area (Å²) in [6.07, 6.45) is 0.367. The van der Waals surface area contributed by atoms with Crippen molar-refractivity contribution in [1.82, 2.24) is 15.3 Å². The van der Waals surface area contributed by atoms with E-state index in [9.17, 15) is 18.4 Å². The summed E-state index contributed by atoms with van der Waals surface area (Å²) < 4.78 is 29.7. The zero-order chi connectivity index (χ0) is 19.2. The largest absolute Gasteiger partial charge is 0.456 e. The van der Waals surface area contributed by atoms with Crippen molar-refractivity contribution in [3.05, 3.63) is 17.0 Å². The number of halogens is 2. The van der Waals surface area contributed by atoms with E-state index in [2.05, 4.69) is 15.3 Å². The van der Waals surface area contributed by atoms with Gasteiger partial charge >= 0.3 is 5.97 Å². The Labute approximate surface area is 150 Å². The molecule has 0 aliphatic rings. The number of hydrogen-bond acceptors (Lipinski definition) is 6. The van der Waals surface area contributed by atoms with Gasteiger partial charge in [0.15, 0.2) is 11.8 Å². The van der Waals surface area contributed by atoms with Crippen molar-refractivity contribution in [1.29, 1.82) is 0 Å². The van der Waals surface area contributed by atoms with Gasteiger partial charge in [0.1, 0.15) is 0 Å². The third-order valence-electron chi connectivity index (χ3n) is 3.05. The van der Waals surface area contributed by atoms with Crippen molar-refractivity contribution in [2.75, 3.05) is 6.61 Å². The van der Waals surface area contributed by atoms with Gasteiger partial charge in [0.25, 0.3) is 11.7 Å². The van der Waals surface area contributed by atoms with E-state index in [0.29, 0.717) is 17.8 Å². The van der Waals surface area contributed by atoms with E-state index in [-0.39, 0.29) is 35.9 Å². The summed E-state index contributed by atoms with van der Waals surface area (Å²) in [7, 11) is 0. The second-order valence-electron chi connectivity index (χ2n) is 6.49. The maximum absolute atomic E-state index is 12.4. The number of hydrogen-bond donors (Lipinski definition) is 1. The van der Waals surface area contributed by atoms with Crippen LogP contribution in [0.25, 0.3) is 0 Å². The first kappa shape index (κ1) is 21.3. The summed E-state index contributed by atoms with van der Waals surface area (Å²) in [5.74, 6) is -3.47. The minimum atomic E-state index is -2.58. The Morgan fingerprint density at radius 2 is 1.76 bits per heavy atom. The summed E-state index contributed by atoms with van der Waals surface area (Å²) in [6.45, 7) is 8.51. The van der Waals surface area contributed by atoms with Gasteiger partial charge in [0.05, 0.1) is 0 Å². The molecule has 1 aromatic heterocycles. The van der Waals surface area contributed by atoms with Crippen molar-refractivity contribution >= 4 is 23.6 Å². The highest BCUT2D eigenvalue weighted by Crippen LogP contribution is 2.24. The number of nitrogens with one attached hydrogen (secondary N) is 1. The molecule has 0 saturated carbocycles. The van der Waals surface area contributed by atoms with Crippen LogP contribution in [-0.2, 0) is 20.7 Å². The van der Waals surface area contributed by atoms with Gasteiger partial charge in [-0.3, -0.25) is 9.59 Å². The van der Waals surface area contributed by atoms with E-state index in [1.54, 1.807) is 13.8 Å². The Hall–Kier alpha value is -1.77. The fourth-order valence-electron chi connectivity index (χ4n) is 2.10. The Morgan fingerprint density at radius 3 is 2.24 bits per heavy atom. The topological polar surface area (TPSA) is 81.2 Å². The first-order chi connectivity index (χ1) is 11.5. The van der Waals surface area contributed by atoms with Crippen LogP contribution < -0.4 is 5.32 Å². The van der Waals surface area contributed by atoms with E-state index < -0.39 is 17.3 Å². The number of esters is 1. The average molecular weight is 375 g/mol. The minimum absolute atomic E-state index is 0.00942. The lowest BCUT2D eigenvalue weighted by Gasteiger charge is -2.20. The molecule has 0 fully saturated rings. The Bertz CT molecular complexity index is 611. The standard InChI is InChI=1S/C16H23F2N3O3S/c1-9-11(10(2)20-15(19-9)25-14(17)18)6-7-13(23)24-8-12(22)21-16(3,4)5/h14H,6-8H2,1-5H3,(H,21,22). The number of aryl methyl sites for hydroxylation is 2. The number of carbonyl (C=O) groups excluding carboxylic acids is 2. The molecular weight excluding hydrogens is 352 g/mol. The molecule has 25 heavy (non-hydrogen) atoms. The number of thioether (sulfide) groups is 1. The molecule has 0 aliphatic heterocycles. The van der Waals surface area contributed by atoms with E-state index in [1.807, 2.05) is 20.8 Å². The molecule has 1 heterocycles. The van der Waals surface area contributed by atoms with Gasteiger partial charge in [-0.05, 0) is 58.4 Å². The van der Waals surface area contributed by atoms with Gasteiger partial charge in [-0.25, -0.2) is 9.97 Å². The second-order valence-corrected chi connectivity index (χ2v) is 7.45. The SMILES string of the molecule is Cc1nc(SC(F)F)nc(C)c1CCC(=O)OCC(=O)NC(C)(C)C. The monoisotopic (exact) mass is 375 g/mol. The summed E-state index contributed by atoms with van der Waals surface area (Å²) >= 11 is 0.284. The molecule has 1 N–H and O–H groups in total. The molecule has 1 rings (SSSR count). The average Bonchev–Trinajstić information content (AvgIpc) is 2.41. The molecular formula is C16H23F2N3O3S. The molecule has 6 nitrogen and oxygen atoms in total. The van der Waals surface area contributed by atoms with Crippen molar-refractivity contribution in [3.63, 3.8) is 0 Å².